The van der Waals surface area contributed by atoms with Crippen LogP contribution in [0.1, 0.15) is 57.4 Å². The van der Waals surface area contributed by atoms with Crippen molar-refractivity contribution < 1.29 is 19.1 Å². The minimum absolute atomic E-state index is 0.211. The van der Waals surface area contributed by atoms with E-state index in [1.54, 1.807) is 19.1 Å². The van der Waals surface area contributed by atoms with Gasteiger partial charge in [0.1, 0.15) is 16.8 Å². The average Bonchev–Trinajstić information content (AvgIpc) is 3.41. The molecule has 1 aliphatic carbocycles. The molecule has 0 fully saturated rings. The topological polar surface area (TPSA) is 93.3 Å². The molecule has 0 bridgehead atoms. The Balaban J connectivity index is 1.38. The van der Waals surface area contributed by atoms with Crippen molar-refractivity contribution in [2.24, 2.45) is 0 Å². The SMILES string of the molecule is CCOC(=O)c1c(C)n(Cc2ccccc2)c2ccc(OCC(=O)Nc3sc4c(c3C#N)CCCC4)cc12. The van der Waals surface area contributed by atoms with E-state index in [0.717, 1.165) is 48.0 Å². The largest absolute Gasteiger partial charge is 0.484 e. The van der Waals surface area contributed by atoms with E-state index in [1.807, 2.05) is 43.3 Å². The first-order valence-corrected chi connectivity index (χ1v) is 13.6. The summed E-state index contributed by atoms with van der Waals surface area (Å²) in [5.41, 5.74) is 4.96. The van der Waals surface area contributed by atoms with Gasteiger partial charge in [-0.15, -0.1) is 11.3 Å². The third-order valence-corrected chi connectivity index (χ3v) is 8.07. The van der Waals surface area contributed by atoms with Crippen molar-refractivity contribution in [3.05, 3.63) is 81.4 Å². The third-order valence-electron chi connectivity index (χ3n) is 6.86. The second-order valence-electron chi connectivity index (χ2n) is 9.30. The van der Waals surface area contributed by atoms with Gasteiger partial charge >= 0.3 is 5.97 Å². The van der Waals surface area contributed by atoms with E-state index < -0.39 is 0 Å². The summed E-state index contributed by atoms with van der Waals surface area (Å²) in [6.45, 7) is 4.37. The van der Waals surface area contributed by atoms with Crippen LogP contribution >= 0.6 is 11.3 Å². The number of nitrogens with zero attached hydrogens (tertiary/aromatic N) is 2. The van der Waals surface area contributed by atoms with E-state index in [1.165, 1.54) is 16.2 Å². The zero-order chi connectivity index (χ0) is 26.6. The highest BCUT2D eigenvalue weighted by Gasteiger charge is 2.23. The molecule has 38 heavy (non-hydrogen) atoms. The number of ether oxygens (including phenoxy) is 2. The van der Waals surface area contributed by atoms with Gasteiger partial charge in [-0.2, -0.15) is 5.26 Å². The van der Waals surface area contributed by atoms with Crippen LogP contribution in [0.4, 0.5) is 5.00 Å². The smallest absolute Gasteiger partial charge is 0.340 e. The number of esters is 1. The highest BCUT2D eigenvalue weighted by molar-refractivity contribution is 7.16. The molecule has 0 saturated heterocycles. The van der Waals surface area contributed by atoms with Gasteiger partial charge in [-0.1, -0.05) is 30.3 Å². The predicted molar refractivity (Wildman–Crippen MR) is 148 cm³/mol. The van der Waals surface area contributed by atoms with Crippen molar-refractivity contribution in [3.8, 4) is 11.8 Å². The van der Waals surface area contributed by atoms with Crippen molar-refractivity contribution in [1.29, 1.82) is 5.26 Å². The summed E-state index contributed by atoms with van der Waals surface area (Å²) in [4.78, 5) is 26.8. The molecule has 7 nitrogen and oxygen atoms in total. The van der Waals surface area contributed by atoms with Crippen LogP contribution in [-0.2, 0) is 28.9 Å². The highest BCUT2D eigenvalue weighted by atomic mass is 32.1. The molecule has 5 rings (SSSR count). The summed E-state index contributed by atoms with van der Waals surface area (Å²) in [5, 5.41) is 13.8. The molecule has 8 heteroatoms. The first-order valence-electron chi connectivity index (χ1n) is 12.8. The fraction of sp³-hybridized carbons (Fsp3) is 0.300. The molecule has 1 N–H and O–H groups in total. The molecular weight excluding hydrogens is 498 g/mol. The Bertz CT molecular complexity index is 1550. The number of aromatic nitrogens is 1. The molecule has 0 atom stereocenters. The number of fused-ring (bicyclic) bond motifs is 2. The lowest BCUT2D eigenvalue weighted by Gasteiger charge is -2.10. The zero-order valence-electron chi connectivity index (χ0n) is 21.5. The molecule has 0 aliphatic heterocycles. The molecule has 1 amide bonds. The fourth-order valence-electron chi connectivity index (χ4n) is 5.07. The lowest BCUT2D eigenvalue weighted by Crippen LogP contribution is -2.20. The van der Waals surface area contributed by atoms with Gasteiger partial charge in [0.25, 0.3) is 5.91 Å². The maximum atomic E-state index is 12.9. The Morgan fingerprint density at radius 1 is 1.13 bits per heavy atom. The molecule has 2 aromatic heterocycles. The molecule has 0 unspecified atom stereocenters. The average molecular weight is 528 g/mol. The number of thiophene rings is 1. The third kappa shape index (κ3) is 5.02. The predicted octanol–water partition coefficient (Wildman–Crippen LogP) is 6.00. The van der Waals surface area contributed by atoms with Gasteiger partial charge in [0.15, 0.2) is 6.61 Å². The van der Waals surface area contributed by atoms with E-state index in [9.17, 15) is 14.9 Å². The molecule has 0 spiro atoms. The molecule has 2 heterocycles. The van der Waals surface area contributed by atoms with E-state index in [4.69, 9.17) is 9.47 Å². The highest BCUT2D eigenvalue weighted by Crippen LogP contribution is 2.37. The Kier molecular flexibility index (Phi) is 7.47. The van der Waals surface area contributed by atoms with E-state index in [-0.39, 0.29) is 25.1 Å². The molecule has 4 aromatic rings. The van der Waals surface area contributed by atoms with Crippen molar-refractivity contribution in [1.82, 2.24) is 4.57 Å². The summed E-state index contributed by atoms with van der Waals surface area (Å²) in [5.74, 6) is -0.243. The minimum atomic E-state index is -0.387. The zero-order valence-corrected chi connectivity index (χ0v) is 22.3. The number of carbonyl (C=O) groups is 2. The summed E-state index contributed by atoms with van der Waals surface area (Å²) in [6.07, 6.45) is 4.01. The lowest BCUT2D eigenvalue weighted by atomic mass is 9.96. The van der Waals surface area contributed by atoms with Gasteiger partial charge in [0.05, 0.1) is 17.7 Å². The molecule has 0 radical (unpaired) electrons. The molecular formula is C30H29N3O4S. The molecule has 0 saturated carbocycles. The van der Waals surface area contributed by atoms with E-state index in [0.29, 0.717) is 33.8 Å². The van der Waals surface area contributed by atoms with Gasteiger partial charge in [0, 0.05) is 28.0 Å². The molecule has 1 aliphatic rings. The van der Waals surface area contributed by atoms with Crippen LogP contribution in [0.25, 0.3) is 10.9 Å². The van der Waals surface area contributed by atoms with Crippen molar-refractivity contribution >= 4 is 39.1 Å². The van der Waals surface area contributed by atoms with Gasteiger partial charge in [-0.3, -0.25) is 4.79 Å². The van der Waals surface area contributed by atoms with Crippen LogP contribution in [0.2, 0.25) is 0 Å². The monoisotopic (exact) mass is 527 g/mol. The van der Waals surface area contributed by atoms with Crippen LogP contribution in [0.5, 0.6) is 5.75 Å². The minimum Gasteiger partial charge on any atom is -0.484 e. The van der Waals surface area contributed by atoms with Crippen LogP contribution in [-0.4, -0.2) is 29.7 Å². The summed E-state index contributed by atoms with van der Waals surface area (Å²) < 4.78 is 13.3. The second kappa shape index (κ2) is 11.1. The number of carbonyl (C=O) groups excluding carboxylic acids is 2. The van der Waals surface area contributed by atoms with Gasteiger partial charge in [-0.25, -0.2) is 4.79 Å². The number of amides is 1. The second-order valence-corrected chi connectivity index (χ2v) is 10.4. The van der Waals surface area contributed by atoms with Gasteiger partial charge < -0.3 is 19.4 Å². The first kappa shape index (κ1) is 25.6. The lowest BCUT2D eigenvalue weighted by molar-refractivity contribution is -0.118. The quantitative estimate of drug-likeness (QED) is 0.284. The Labute approximate surface area is 225 Å². The van der Waals surface area contributed by atoms with E-state index >= 15 is 0 Å². The van der Waals surface area contributed by atoms with Crippen molar-refractivity contribution in [2.45, 2.75) is 46.1 Å². The van der Waals surface area contributed by atoms with Gasteiger partial charge in [-0.05, 0) is 68.9 Å². The number of nitrogens with one attached hydrogen (secondary N) is 1. The van der Waals surface area contributed by atoms with Crippen LogP contribution in [0, 0.1) is 18.3 Å². The summed E-state index contributed by atoms with van der Waals surface area (Å²) >= 11 is 1.49. The van der Waals surface area contributed by atoms with Gasteiger partial charge in [0.2, 0.25) is 0 Å². The van der Waals surface area contributed by atoms with Crippen LogP contribution in [0.15, 0.2) is 48.5 Å². The van der Waals surface area contributed by atoms with E-state index in [2.05, 4.69) is 16.0 Å². The molecule has 2 aromatic carbocycles. The number of hydrogen-bond donors (Lipinski definition) is 1. The summed E-state index contributed by atoms with van der Waals surface area (Å²) in [7, 11) is 0. The van der Waals surface area contributed by atoms with Crippen LogP contribution < -0.4 is 10.1 Å². The maximum absolute atomic E-state index is 12.9. The Hall–Kier alpha value is -4.09. The number of rotatable bonds is 8. The Morgan fingerprint density at radius 2 is 1.92 bits per heavy atom. The fourth-order valence-corrected chi connectivity index (χ4v) is 6.32. The normalized spacial score (nSPS) is 12.6. The van der Waals surface area contributed by atoms with Crippen LogP contribution in [0.3, 0.4) is 0 Å². The van der Waals surface area contributed by atoms with Crippen molar-refractivity contribution in [3.63, 3.8) is 0 Å². The maximum Gasteiger partial charge on any atom is 0.340 e. The standard InChI is InChI=1S/C30H29N3O4S/c1-3-36-30(35)28-19(2)33(17-20-9-5-4-6-10-20)25-14-13-21(15-23(25)28)37-18-27(34)32-29-24(16-31)22-11-7-8-12-26(22)38-29/h4-6,9-10,13-15H,3,7-8,11-12,17-18H2,1-2H3,(H,32,34). The molecule has 194 valence electrons. The Morgan fingerprint density at radius 3 is 2.68 bits per heavy atom. The van der Waals surface area contributed by atoms with Crippen molar-refractivity contribution in [2.75, 3.05) is 18.5 Å². The first-order chi connectivity index (χ1) is 18.5. The number of benzene rings is 2. The number of hydrogen-bond acceptors (Lipinski definition) is 6. The summed E-state index contributed by atoms with van der Waals surface area (Å²) in [6, 6.07) is 17.8. The number of anilines is 1. The number of aryl methyl sites for hydroxylation is 1. The number of nitriles is 1.